The molecule has 5 heterocycles. The Morgan fingerprint density at radius 2 is 1.55 bits per heavy atom. The molecule has 0 amide bonds. The normalized spacial score (nSPS) is 20.5. The summed E-state index contributed by atoms with van der Waals surface area (Å²) < 4.78 is 25.6. The number of fused-ring (bicyclic) bond motifs is 6. The first-order valence-corrected chi connectivity index (χ1v) is 24.7. The monoisotopic (exact) mass is 905 g/mol. The zero-order valence-electron chi connectivity index (χ0n) is 41.1. The highest BCUT2D eigenvalue weighted by molar-refractivity contribution is 5.88. The predicted octanol–water partition coefficient (Wildman–Crippen LogP) is 11.8. The summed E-state index contributed by atoms with van der Waals surface area (Å²) in [6, 6.07) is 8.68. The van der Waals surface area contributed by atoms with Crippen LogP contribution in [0.25, 0.3) is 22.3 Å². The fourth-order valence-electron chi connectivity index (χ4n) is 10.4. The van der Waals surface area contributed by atoms with Crippen LogP contribution in [0.3, 0.4) is 0 Å². The number of nitrogens with zero attached hydrogens (tertiary/aromatic N) is 2. The molecule has 1 N–H and O–H groups in total. The fraction of sp³-hybridized carbons (Fsp3) is 0.582. The molecule has 0 saturated carbocycles. The number of benzene rings is 2. The zero-order valence-corrected chi connectivity index (χ0v) is 41.1. The first-order chi connectivity index (χ1) is 31.4. The van der Waals surface area contributed by atoms with Gasteiger partial charge in [0.2, 0.25) is 0 Å². The van der Waals surface area contributed by atoms with Gasteiger partial charge >= 0.3 is 17.9 Å². The van der Waals surface area contributed by atoms with Crippen molar-refractivity contribution >= 4 is 28.8 Å². The van der Waals surface area contributed by atoms with E-state index in [4.69, 9.17) is 23.9 Å². The number of carbonyl (C=O) groups is 3. The van der Waals surface area contributed by atoms with Crippen LogP contribution in [-0.4, -0.2) is 38.2 Å². The lowest BCUT2D eigenvalue weighted by Gasteiger charge is -2.38. The van der Waals surface area contributed by atoms with Crippen LogP contribution < -0.4 is 19.8 Å². The number of cyclic esters (lactones) is 1. The molecule has 66 heavy (non-hydrogen) atoms. The van der Waals surface area contributed by atoms with Crippen molar-refractivity contribution < 1.29 is 38.4 Å². The molecule has 0 radical (unpaired) electrons. The molecule has 0 aliphatic carbocycles. The smallest absolute Gasteiger partial charge is 0.343 e. The van der Waals surface area contributed by atoms with Crippen LogP contribution in [0.15, 0.2) is 35.1 Å². The molecule has 0 saturated heterocycles. The molecular weight excluding hydrogens is 833 g/mol. The van der Waals surface area contributed by atoms with Crippen molar-refractivity contribution in [2.75, 3.05) is 0 Å². The highest BCUT2D eigenvalue weighted by atomic mass is 16.6. The Balaban J connectivity index is 0.923. The molecule has 356 valence electrons. The molecule has 11 nitrogen and oxygen atoms in total. The molecule has 1 unspecified atom stereocenters. The van der Waals surface area contributed by atoms with Crippen LogP contribution in [0.5, 0.6) is 17.2 Å². The van der Waals surface area contributed by atoms with Crippen molar-refractivity contribution in [2.24, 2.45) is 17.8 Å². The minimum Gasteiger partial charge on any atom is -0.487 e. The van der Waals surface area contributed by atoms with Crippen LogP contribution in [-0.2, 0) is 37.7 Å². The number of carbonyl (C=O) groups excluding carboxylic acids is 3. The molecule has 2 aromatic carbocycles. The number of hydrogen-bond donors (Lipinski definition) is 1. The highest BCUT2D eigenvalue weighted by Gasteiger charge is 2.48. The van der Waals surface area contributed by atoms with Crippen molar-refractivity contribution in [2.45, 2.75) is 189 Å². The van der Waals surface area contributed by atoms with Gasteiger partial charge in [-0.15, -0.1) is 0 Å². The SMILES string of the molecule is CCC1OC(=O)[C@](O)(CC)c2cc3n(c(=O)c21)Cc1cc2cc(OC(=O)CCC(=O)Oc4c(C)c(C)c5c(c4C)CC[C@@](C)(CCC[C@H](C)CCC[C@H](C)CCCC(C)C)O5)ccc2nc1-3. The summed E-state index contributed by atoms with van der Waals surface area (Å²) in [5.41, 5.74) is 4.39. The van der Waals surface area contributed by atoms with Gasteiger partial charge in [0.25, 0.3) is 5.56 Å². The van der Waals surface area contributed by atoms with E-state index in [1.165, 1.54) is 44.9 Å². The summed E-state index contributed by atoms with van der Waals surface area (Å²) in [4.78, 5) is 58.0. The van der Waals surface area contributed by atoms with Gasteiger partial charge in [-0.1, -0.05) is 86.5 Å². The van der Waals surface area contributed by atoms with E-state index >= 15 is 0 Å². The Morgan fingerprint density at radius 1 is 0.879 bits per heavy atom. The zero-order chi connectivity index (χ0) is 47.7. The lowest BCUT2D eigenvalue weighted by atomic mass is 9.83. The Bertz CT molecular complexity index is 2560. The quantitative estimate of drug-likeness (QED) is 0.0628. The third-order valence-electron chi connectivity index (χ3n) is 14.8. The van der Waals surface area contributed by atoms with Gasteiger partial charge in [-0.05, 0) is 131 Å². The average molecular weight is 905 g/mol. The minimum absolute atomic E-state index is 0.0561. The number of aromatic nitrogens is 2. The van der Waals surface area contributed by atoms with Gasteiger partial charge in [0.1, 0.15) is 29.0 Å². The van der Waals surface area contributed by atoms with Crippen molar-refractivity contribution in [1.29, 1.82) is 0 Å². The Morgan fingerprint density at radius 3 is 2.21 bits per heavy atom. The number of rotatable bonds is 19. The molecule has 5 atom stereocenters. The van der Waals surface area contributed by atoms with Gasteiger partial charge in [-0.2, -0.15) is 0 Å². The van der Waals surface area contributed by atoms with E-state index in [-0.39, 0.29) is 42.5 Å². The second-order valence-electron chi connectivity index (χ2n) is 20.5. The van der Waals surface area contributed by atoms with Crippen molar-refractivity contribution in [3.05, 3.63) is 79.6 Å². The van der Waals surface area contributed by atoms with Gasteiger partial charge in [0.05, 0.1) is 41.9 Å². The standard InChI is InChI=1S/C55H72N2O9/c1-11-45-48-42(55(62,12-2)53(61)64-45)30-44-49-39(31-57(44)52(48)60)28-38-29-40(21-22-43(38)56-49)63-46(58)23-24-47(59)65-50-35(7)36(8)51-41(37(50)9)25-27-54(10,66-51)26-15-20-34(6)19-14-18-33(5)17-13-16-32(3)4/h21-22,28-30,32-34,45,62H,11-20,23-27,31H2,1-10H3/t33-,34-,45?,54-,55+/m1/s1. The first kappa shape index (κ1) is 48.9. The van der Waals surface area contributed by atoms with Gasteiger partial charge in [-0.25, -0.2) is 9.78 Å². The largest absolute Gasteiger partial charge is 0.487 e. The van der Waals surface area contributed by atoms with Crippen LogP contribution in [0.4, 0.5) is 0 Å². The summed E-state index contributed by atoms with van der Waals surface area (Å²) in [5, 5.41) is 12.1. The molecule has 3 aliphatic rings. The molecule has 2 aromatic heterocycles. The number of hydrogen-bond acceptors (Lipinski definition) is 10. The van der Waals surface area contributed by atoms with Gasteiger partial charge < -0.3 is 28.6 Å². The van der Waals surface area contributed by atoms with Gasteiger partial charge in [0.15, 0.2) is 5.60 Å². The Hall–Kier alpha value is -5.03. The van der Waals surface area contributed by atoms with Crippen molar-refractivity contribution in [3.8, 4) is 28.6 Å². The first-order valence-electron chi connectivity index (χ1n) is 24.7. The Kier molecular flexibility index (Phi) is 14.9. The van der Waals surface area contributed by atoms with E-state index in [0.717, 1.165) is 71.1 Å². The summed E-state index contributed by atoms with van der Waals surface area (Å²) in [6.45, 7) is 21.4. The van der Waals surface area contributed by atoms with Crippen LogP contribution in [0, 0.1) is 38.5 Å². The van der Waals surface area contributed by atoms with E-state index in [0.29, 0.717) is 51.7 Å². The third-order valence-corrected chi connectivity index (χ3v) is 14.8. The molecule has 11 heteroatoms. The summed E-state index contributed by atoms with van der Waals surface area (Å²) in [6.07, 6.45) is 12.5. The van der Waals surface area contributed by atoms with E-state index in [9.17, 15) is 24.3 Å². The number of aliphatic hydroxyl groups is 1. The van der Waals surface area contributed by atoms with Gasteiger partial charge in [-0.3, -0.25) is 14.4 Å². The molecular formula is C55H72N2O9. The molecule has 0 spiro atoms. The highest BCUT2D eigenvalue weighted by Crippen LogP contribution is 2.46. The van der Waals surface area contributed by atoms with E-state index in [1.54, 1.807) is 35.8 Å². The predicted molar refractivity (Wildman–Crippen MR) is 257 cm³/mol. The van der Waals surface area contributed by atoms with Crippen LogP contribution in [0.2, 0.25) is 0 Å². The molecule has 4 aromatic rings. The Labute approximate surface area is 391 Å². The summed E-state index contributed by atoms with van der Waals surface area (Å²) >= 11 is 0. The maximum atomic E-state index is 13.9. The third kappa shape index (κ3) is 10.1. The summed E-state index contributed by atoms with van der Waals surface area (Å²) in [7, 11) is 0. The van der Waals surface area contributed by atoms with Gasteiger partial charge in [0, 0.05) is 22.1 Å². The summed E-state index contributed by atoms with van der Waals surface area (Å²) in [5.74, 6) is 2.23. The second-order valence-corrected chi connectivity index (χ2v) is 20.5. The van der Waals surface area contributed by atoms with Crippen LogP contribution >= 0.6 is 0 Å². The maximum Gasteiger partial charge on any atom is 0.343 e. The lowest BCUT2D eigenvalue weighted by molar-refractivity contribution is -0.178. The minimum atomic E-state index is -1.93. The molecule has 0 fully saturated rings. The van der Waals surface area contributed by atoms with E-state index < -0.39 is 29.6 Å². The van der Waals surface area contributed by atoms with E-state index in [2.05, 4.69) is 34.6 Å². The fourth-order valence-corrected chi connectivity index (χ4v) is 10.4. The molecule has 3 aliphatic heterocycles. The maximum absolute atomic E-state index is 13.9. The topological polar surface area (TPSA) is 143 Å². The number of pyridine rings is 2. The number of ether oxygens (including phenoxy) is 4. The van der Waals surface area contributed by atoms with E-state index in [1.807, 2.05) is 33.8 Å². The molecule has 0 bridgehead atoms. The van der Waals surface area contributed by atoms with Crippen molar-refractivity contribution in [1.82, 2.24) is 9.55 Å². The lowest BCUT2D eigenvalue weighted by Crippen LogP contribution is -2.46. The average Bonchev–Trinajstić information content (AvgIpc) is 3.64. The van der Waals surface area contributed by atoms with Crippen LogP contribution in [0.1, 0.15) is 183 Å². The van der Waals surface area contributed by atoms with Crippen molar-refractivity contribution in [3.63, 3.8) is 0 Å². The molecule has 7 rings (SSSR count). The number of esters is 3. The second kappa shape index (κ2) is 20.1.